The lowest BCUT2D eigenvalue weighted by Crippen LogP contribution is -1.98. The summed E-state index contributed by atoms with van der Waals surface area (Å²) in [6.07, 6.45) is 1.83. The van der Waals surface area contributed by atoms with Gasteiger partial charge >= 0.3 is 0 Å². The van der Waals surface area contributed by atoms with Gasteiger partial charge < -0.3 is 14.8 Å². The molecule has 0 aliphatic rings. The summed E-state index contributed by atoms with van der Waals surface area (Å²) in [6, 6.07) is 7.60. The zero-order valence-corrected chi connectivity index (χ0v) is 7.14. The maximum Gasteiger partial charge on any atom is 0.199 e. The molecule has 0 aliphatic heterocycles. The van der Waals surface area contributed by atoms with Gasteiger partial charge in [0.15, 0.2) is 5.88 Å². The molecule has 0 unspecified atom stereocenters. The van der Waals surface area contributed by atoms with Crippen LogP contribution in [-0.4, -0.2) is 21.4 Å². The summed E-state index contributed by atoms with van der Waals surface area (Å²) in [5.74, 6) is 0.227. The van der Waals surface area contributed by atoms with Crippen molar-refractivity contribution in [2.45, 2.75) is 6.54 Å². The number of aromatic hydroxyl groups is 1. The molecule has 2 aromatic rings. The van der Waals surface area contributed by atoms with Crippen LogP contribution in [0, 0.1) is 0 Å². The molecule has 3 nitrogen and oxygen atoms in total. The van der Waals surface area contributed by atoms with E-state index < -0.39 is 0 Å². The van der Waals surface area contributed by atoms with Gasteiger partial charge in [0.25, 0.3) is 0 Å². The SMILES string of the molecule is OCCn1cc2ccccc2c1O. The van der Waals surface area contributed by atoms with E-state index in [1.54, 1.807) is 4.57 Å². The minimum atomic E-state index is 0.0363. The van der Waals surface area contributed by atoms with Crippen LogP contribution in [0.1, 0.15) is 0 Å². The topological polar surface area (TPSA) is 45.4 Å². The van der Waals surface area contributed by atoms with Crippen LogP contribution in [0.4, 0.5) is 0 Å². The van der Waals surface area contributed by atoms with Crippen LogP contribution in [0.5, 0.6) is 5.88 Å². The van der Waals surface area contributed by atoms with E-state index in [1.807, 2.05) is 30.5 Å². The van der Waals surface area contributed by atoms with Gasteiger partial charge in [0.1, 0.15) is 0 Å². The van der Waals surface area contributed by atoms with E-state index in [0.29, 0.717) is 6.54 Å². The highest BCUT2D eigenvalue weighted by Gasteiger charge is 2.05. The number of fused-ring (bicyclic) bond motifs is 1. The van der Waals surface area contributed by atoms with Crippen LogP contribution in [0.25, 0.3) is 10.8 Å². The third-order valence-electron chi connectivity index (χ3n) is 2.11. The quantitative estimate of drug-likeness (QED) is 0.727. The van der Waals surface area contributed by atoms with Crippen LogP contribution in [0.3, 0.4) is 0 Å². The zero-order chi connectivity index (χ0) is 9.26. The monoisotopic (exact) mass is 177 g/mol. The van der Waals surface area contributed by atoms with Crippen molar-refractivity contribution in [3.8, 4) is 5.88 Å². The number of aliphatic hydroxyl groups is 1. The molecule has 0 amide bonds. The minimum absolute atomic E-state index is 0.0363. The predicted octanol–water partition coefficient (Wildman–Crippen LogP) is 1.34. The molecule has 0 aliphatic carbocycles. The Labute approximate surface area is 75.9 Å². The summed E-state index contributed by atoms with van der Waals surface area (Å²) in [5.41, 5.74) is 0. The van der Waals surface area contributed by atoms with E-state index in [1.165, 1.54) is 0 Å². The fourth-order valence-electron chi connectivity index (χ4n) is 1.48. The van der Waals surface area contributed by atoms with Crippen LogP contribution in [0.15, 0.2) is 30.5 Å². The summed E-state index contributed by atoms with van der Waals surface area (Å²) < 4.78 is 1.64. The highest BCUT2D eigenvalue weighted by Crippen LogP contribution is 2.26. The second-order valence-corrected chi connectivity index (χ2v) is 2.96. The van der Waals surface area contributed by atoms with Gasteiger partial charge in [-0.05, 0) is 6.07 Å². The number of aromatic nitrogens is 1. The average Bonchev–Trinajstić information content (AvgIpc) is 2.46. The summed E-state index contributed by atoms with van der Waals surface area (Å²) in [7, 11) is 0. The van der Waals surface area contributed by atoms with Crippen molar-refractivity contribution in [1.29, 1.82) is 0 Å². The lowest BCUT2D eigenvalue weighted by Gasteiger charge is -1.99. The molecule has 2 rings (SSSR count). The van der Waals surface area contributed by atoms with Crippen molar-refractivity contribution >= 4 is 10.8 Å². The Morgan fingerprint density at radius 2 is 2.00 bits per heavy atom. The highest BCUT2D eigenvalue weighted by molar-refractivity contribution is 5.87. The second kappa shape index (κ2) is 3.11. The van der Waals surface area contributed by atoms with Crippen molar-refractivity contribution in [3.05, 3.63) is 30.5 Å². The highest BCUT2D eigenvalue weighted by atomic mass is 16.3. The Bertz CT molecular complexity index is 420. The van der Waals surface area contributed by atoms with Gasteiger partial charge in [-0.15, -0.1) is 0 Å². The molecule has 0 saturated carbocycles. The summed E-state index contributed by atoms with van der Waals surface area (Å²) in [4.78, 5) is 0. The molecule has 0 radical (unpaired) electrons. The minimum Gasteiger partial charge on any atom is -0.494 e. The molecule has 68 valence electrons. The maximum atomic E-state index is 9.67. The Kier molecular flexibility index (Phi) is 1.94. The Morgan fingerprint density at radius 3 is 2.69 bits per heavy atom. The molecule has 1 heterocycles. The first kappa shape index (κ1) is 8.13. The molecule has 2 N–H and O–H groups in total. The van der Waals surface area contributed by atoms with Crippen LogP contribution in [0.2, 0.25) is 0 Å². The number of hydrogen-bond donors (Lipinski definition) is 2. The smallest absolute Gasteiger partial charge is 0.199 e. The first-order valence-corrected chi connectivity index (χ1v) is 4.20. The lowest BCUT2D eigenvalue weighted by atomic mass is 10.2. The molecule has 0 fully saturated rings. The van der Waals surface area contributed by atoms with E-state index in [0.717, 1.165) is 10.8 Å². The molecule has 0 bridgehead atoms. The van der Waals surface area contributed by atoms with Crippen molar-refractivity contribution in [2.24, 2.45) is 0 Å². The van der Waals surface area contributed by atoms with Gasteiger partial charge in [0, 0.05) is 23.5 Å². The van der Waals surface area contributed by atoms with E-state index in [4.69, 9.17) is 5.11 Å². The van der Waals surface area contributed by atoms with Crippen LogP contribution < -0.4 is 0 Å². The summed E-state index contributed by atoms with van der Waals surface area (Å²) in [6.45, 7) is 0.467. The molecule has 1 aromatic heterocycles. The Hall–Kier alpha value is -1.48. The van der Waals surface area contributed by atoms with Crippen molar-refractivity contribution < 1.29 is 10.2 Å². The first-order chi connectivity index (χ1) is 6.33. The number of rotatable bonds is 2. The average molecular weight is 177 g/mol. The van der Waals surface area contributed by atoms with Gasteiger partial charge in [-0.2, -0.15) is 0 Å². The van der Waals surface area contributed by atoms with Crippen LogP contribution >= 0.6 is 0 Å². The molecule has 1 aromatic carbocycles. The van der Waals surface area contributed by atoms with Gasteiger partial charge in [0.05, 0.1) is 6.61 Å². The Balaban J connectivity index is 2.60. The van der Waals surface area contributed by atoms with Gasteiger partial charge in [-0.1, -0.05) is 18.2 Å². The molecule has 0 saturated heterocycles. The van der Waals surface area contributed by atoms with Gasteiger partial charge in [-0.3, -0.25) is 0 Å². The lowest BCUT2D eigenvalue weighted by molar-refractivity contribution is 0.268. The molecule has 3 heteroatoms. The van der Waals surface area contributed by atoms with Crippen molar-refractivity contribution in [2.75, 3.05) is 6.61 Å². The molecule has 0 atom stereocenters. The van der Waals surface area contributed by atoms with Gasteiger partial charge in [-0.25, -0.2) is 0 Å². The first-order valence-electron chi connectivity index (χ1n) is 4.20. The predicted molar refractivity (Wildman–Crippen MR) is 50.7 cm³/mol. The van der Waals surface area contributed by atoms with E-state index in [9.17, 15) is 5.11 Å². The third kappa shape index (κ3) is 1.27. The number of benzene rings is 1. The molecule has 13 heavy (non-hydrogen) atoms. The van der Waals surface area contributed by atoms with E-state index in [2.05, 4.69) is 0 Å². The van der Waals surface area contributed by atoms with E-state index in [-0.39, 0.29) is 12.5 Å². The van der Waals surface area contributed by atoms with Crippen LogP contribution in [-0.2, 0) is 6.54 Å². The van der Waals surface area contributed by atoms with Crippen molar-refractivity contribution in [3.63, 3.8) is 0 Å². The molecule has 0 spiro atoms. The Morgan fingerprint density at radius 1 is 1.23 bits per heavy atom. The standard InChI is InChI=1S/C10H11NO2/c12-6-5-11-7-8-3-1-2-4-9(8)10(11)13/h1-4,7,12-13H,5-6H2. The molecular weight excluding hydrogens is 166 g/mol. The van der Waals surface area contributed by atoms with Crippen molar-refractivity contribution in [1.82, 2.24) is 4.57 Å². The number of hydrogen-bond acceptors (Lipinski definition) is 2. The third-order valence-corrected chi connectivity index (χ3v) is 2.11. The summed E-state index contributed by atoms with van der Waals surface area (Å²) >= 11 is 0. The van der Waals surface area contributed by atoms with E-state index >= 15 is 0 Å². The zero-order valence-electron chi connectivity index (χ0n) is 7.14. The second-order valence-electron chi connectivity index (χ2n) is 2.96. The largest absolute Gasteiger partial charge is 0.494 e. The van der Waals surface area contributed by atoms with Gasteiger partial charge in [0.2, 0.25) is 0 Å². The maximum absolute atomic E-state index is 9.67. The normalized spacial score (nSPS) is 10.8. The fraction of sp³-hybridized carbons (Fsp3) is 0.200. The number of nitrogens with zero attached hydrogens (tertiary/aromatic N) is 1. The fourth-order valence-corrected chi connectivity index (χ4v) is 1.48. The summed E-state index contributed by atoms with van der Waals surface area (Å²) in [5, 5.41) is 20.2. The molecular formula is C10H11NO2. The number of aliphatic hydroxyl groups excluding tert-OH is 1.